The molecule has 0 spiro atoms. The van der Waals surface area contributed by atoms with Crippen LogP contribution in [0, 0.1) is 0 Å². The van der Waals surface area contributed by atoms with Crippen LogP contribution >= 0.6 is 0 Å². The van der Waals surface area contributed by atoms with Gasteiger partial charge in [0.15, 0.2) is 0 Å². The standard InChI is InChI=1S/C10H12O3/c1-12-10(11)13-8-7-9-5-3-2-4-6-9/h2-6H,7-8H2,1H3. The monoisotopic (exact) mass is 180 g/mol. The Labute approximate surface area is 77.3 Å². The fourth-order valence-electron chi connectivity index (χ4n) is 0.956. The Hall–Kier alpha value is -1.51. The van der Waals surface area contributed by atoms with E-state index >= 15 is 0 Å². The van der Waals surface area contributed by atoms with Crippen molar-refractivity contribution in [2.45, 2.75) is 6.42 Å². The second-order valence-electron chi connectivity index (χ2n) is 2.54. The van der Waals surface area contributed by atoms with Gasteiger partial charge in [-0.15, -0.1) is 0 Å². The molecule has 0 fully saturated rings. The average Bonchev–Trinajstić information content (AvgIpc) is 2.19. The molecule has 0 saturated heterocycles. The number of methoxy groups -OCH3 is 1. The Morgan fingerprint density at radius 2 is 2.00 bits per heavy atom. The molecule has 0 amide bonds. The number of rotatable bonds is 3. The van der Waals surface area contributed by atoms with Crippen molar-refractivity contribution < 1.29 is 14.3 Å². The lowest BCUT2D eigenvalue weighted by Crippen LogP contribution is -2.07. The predicted octanol–water partition coefficient (Wildman–Crippen LogP) is 2.01. The minimum atomic E-state index is -0.629. The van der Waals surface area contributed by atoms with Gasteiger partial charge in [-0.3, -0.25) is 0 Å². The Kier molecular flexibility index (Phi) is 3.82. The minimum Gasteiger partial charge on any atom is -0.438 e. The number of hydrogen-bond acceptors (Lipinski definition) is 3. The Morgan fingerprint density at radius 1 is 1.31 bits per heavy atom. The van der Waals surface area contributed by atoms with E-state index in [9.17, 15) is 4.79 Å². The van der Waals surface area contributed by atoms with E-state index in [2.05, 4.69) is 4.74 Å². The van der Waals surface area contributed by atoms with Crippen molar-refractivity contribution in [1.82, 2.24) is 0 Å². The first-order chi connectivity index (χ1) is 6.33. The van der Waals surface area contributed by atoms with Crippen molar-refractivity contribution >= 4 is 6.16 Å². The van der Waals surface area contributed by atoms with Crippen LogP contribution in [0.25, 0.3) is 0 Å². The molecule has 0 radical (unpaired) electrons. The van der Waals surface area contributed by atoms with Crippen molar-refractivity contribution in [3.8, 4) is 0 Å². The van der Waals surface area contributed by atoms with Gasteiger partial charge in [-0.2, -0.15) is 0 Å². The van der Waals surface area contributed by atoms with Crippen molar-refractivity contribution in [3.05, 3.63) is 35.9 Å². The summed E-state index contributed by atoms with van der Waals surface area (Å²) in [6, 6.07) is 9.83. The van der Waals surface area contributed by atoms with E-state index in [4.69, 9.17) is 4.74 Å². The van der Waals surface area contributed by atoms with Crippen LogP contribution in [0.3, 0.4) is 0 Å². The molecule has 1 aromatic carbocycles. The molecule has 3 heteroatoms. The fourth-order valence-corrected chi connectivity index (χ4v) is 0.956. The molecule has 0 saturated carbocycles. The summed E-state index contributed by atoms with van der Waals surface area (Å²) in [4.78, 5) is 10.6. The topological polar surface area (TPSA) is 35.5 Å². The van der Waals surface area contributed by atoms with Crippen LogP contribution in [0.5, 0.6) is 0 Å². The van der Waals surface area contributed by atoms with Gasteiger partial charge in [0, 0.05) is 6.42 Å². The van der Waals surface area contributed by atoms with Crippen LogP contribution in [0.1, 0.15) is 5.56 Å². The third-order valence-electron chi connectivity index (χ3n) is 1.62. The number of carbonyl (C=O) groups excluding carboxylic acids is 1. The first-order valence-electron chi connectivity index (χ1n) is 4.07. The lowest BCUT2D eigenvalue weighted by Gasteiger charge is -2.02. The molecule has 0 atom stereocenters. The first-order valence-corrected chi connectivity index (χ1v) is 4.07. The van der Waals surface area contributed by atoms with Crippen molar-refractivity contribution in [2.24, 2.45) is 0 Å². The molecule has 0 aliphatic heterocycles. The third-order valence-corrected chi connectivity index (χ3v) is 1.62. The summed E-state index contributed by atoms with van der Waals surface area (Å²) in [6.45, 7) is 0.358. The SMILES string of the molecule is COC(=O)OCCc1ccccc1. The largest absolute Gasteiger partial charge is 0.507 e. The summed E-state index contributed by atoms with van der Waals surface area (Å²) in [5, 5.41) is 0. The highest BCUT2D eigenvalue weighted by molar-refractivity contribution is 5.59. The molecule has 3 nitrogen and oxygen atoms in total. The van der Waals surface area contributed by atoms with Crippen LogP contribution in [-0.4, -0.2) is 19.9 Å². The molecule has 13 heavy (non-hydrogen) atoms. The first kappa shape index (κ1) is 9.58. The highest BCUT2D eigenvalue weighted by Gasteiger charge is 1.99. The zero-order chi connectivity index (χ0) is 9.52. The van der Waals surface area contributed by atoms with E-state index in [0.29, 0.717) is 6.61 Å². The van der Waals surface area contributed by atoms with Crippen LogP contribution in [0.2, 0.25) is 0 Å². The van der Waals surface area contributed by atoms with Crippen LogP contribution in [0.4, 0.5) is 4.79 Å². The fraction of sp³-hybridized carbons (Fsp3) is 0.300. The zero-order valence-corrected chi connectivity index (χ0v) is 7.53. The molecule has 0 aromatic heterocycles. The summed E-state index contributed by atoms with van der Waals surface area (Å²) in [6.07, 6.45) is 0.0894. The van der Waals surface area contributed by atoms with Gasteiger partial charge in [0.2, 0.25) is 0 Å². The average molecular weight is 180 g/mol. The molecule has 1 rings (SSSR count). The molecule has 0 N–H and O–H groups in total. The van der Waals surface area contributed by atoms with Crippen molar-refractivity contribution in [1.29, 1.82) is 0 Å². The van der Waals surface area contributed by atoms with Crippen molar-refractivity contribution in [3.63, 3.8) is 0 Å². The van der Waals surface area contributed by atoms with Gasteiger partial charge >= 0.3 is 6.16 Å². The van der Waals surface area contributed by atoms with Crippen molar-refractivity contribution in [2.75, 3.05) is 13.7 Å². The van der Waals surface area contributed by atoms with E-state index in [1.54, 1.807) is 0 Å². The van der Waals surface area contributed by atoms with E-state index in [-0.39, 0.29) is 0 Å². The summed E-state index contributed by atoms with van der Waals surface area (Å²) < 4.78 is 9.06. The van der Waals surface area contributed by atoms with E-state index in [0.717, 1.165) is 12.0 Å². The Bertz CT molecular complexity index is 256. The van der Waals surface area contributed by atoms with Crippen LogP contribution in [-0.2, 0) is 15.9 Å². The van der Waals surface area contributed by atoms with E-state index in [1.165, 1.54) is 7.11 Å². The number of hydrogen-bond donors (Lipinski definition) is 0. The molecular weight excluding hydrogens is 168 g/mol. The smallest absolute Gasteiger partial charge is 0.438 e. The number of carbonyl (C=O) groups is 1. The molecular formula is C10H12O3. The Morgan fingerprint density at radius 3 is 2.62 bits per heavy atom. The van der Waals surface area contributed by atoms with Gasteiger partial charge in [-0.05, 0) is 5.56 Å². The summed E-state index contributed by atoms with van der Waals surface area (Å²) in [5.41, 5.74) is 1.14. The molecule has 0 aliphatic carbocycles. The zero-order valence-electron chi connectivity index (χ0n) is 7.53. The second-order valence-corrected chi connectivity index (χ2v) is 2.54. The minimum absolute atomic E-state index is 0.358. The highest BCUT2D eigenvalue weighted by atomic mass is 16.7. The normalized spacial score (nSPS) is 9.31. The molecule has 1 aromatic rings. The van der Waals surface area contributed by atoms with E-state index in [1.807, 2.05) is 30.3 Å². The maximum Gasteiger partial charge on any atom is 0.507 e. The van der Waals surface area contributed by atoms with Crippen LogP contribution < -0.4 is 0 Å². The van der Waals surface area contributed by atoms with Gasteiger partial charge in [0.05, 0.1) is 13.7 Å². The molecule has 70 valence electrons. The third kappa shape index (κ3) is 3.60. The maximum absolute atomic E-state index is 10.6. The molecule has 0 aliphatic rings. The molecule has 0 unspecified atom stereocenters. The summed E-state index contributed by atoms with van der Waals surface area (Å²) >= 11 is 0. The lowest BCUT2D eigenvalue weighted by molar-refractivity contribution is 0.0737. The lowest BCUT2D eigenvalue weighted by atomic mass is 10.2. The van der Waals surface area contributed by atoms with E-state index < -0.39 is 6.16 Å². The van der Waals surface area contributed by atoms with Gasteiger partial charge in [0.1, 0.15) is 0 Å². The van der Waals surface area contributed by atoms with Gasteiger partial charge in [0.25, 0.3) is 0 Å². The van der Waals surface area contributed by atoms with Gasteiger partial charge < -0.3 is 9.47 Å². The quantitative estimate of drug-likeness (QED) is 0.667. The van der Waals surface area contributed by atoms with Gasteiger partial charge in [-0.25, -0.2) is 4.79 Å². The molecule has 0 heterocycles. The Balaban J connectivity index is 2.24. The molecule has 0 bridgehead atoms. The second kappa shape index (κ2) is 5.19. The number of ether oxygens (including phenoxy) is 2. The predicted molar refractivity (Wildman–Crippen MR) is 48.5 cm³/mol. The highest BCUT2D eigenvalue weighted by Crippen LogP contribution is 1.99. The number of benzene rings is 1. The maximum atomic E-state index is 10.6. The van der Waals surface area contributed by atoms with Crippen LogP contribution in [0.15, 0.2) is 30.3 Å². The van der Waals surface area contributed by atoms with Gasteiger partial charge in [-0.1, -0.05) is 30.3 Å². The summed E-state index contributed by atoms with van der Waals surface area (Å²) in [5.74, 6) is 0. The summed E-state index contributed by atoms with van der Waals surface area (Å²) in [7, 11) is 1.30.